The molecule has 1 fully saturated rings. The molecule has 6 nitrogen and oxygen atoms in total. The number of benzene rings is 3. The molecule has 1 saturated heterocycles. The van der Waals surface area contributed by atoms with Gasteiger partial charge in [-0.2, -0.15) is 0 Å². The number of carbonyl (C=O) groups excluding carboxylic acids is 2. The third-order valence-electron chi connectivity index (χ3n) is 5.79. The van der Waals surface area contributed by atoms with Gasteiger partial charge in [0.05, 0.1) is 7.11 Å². The van der Waals surface area contributed by atoms with E-state index in [0.717, 1.165) is 34.6 Å². The van der Waals surface area contributed by atoms with E-state index in [4.69, 9.17) is 9.47 Å². The Morgan fingerprint density at radius 2 is 1.82 bits per heavy atom. The van der Waals surface area contributed by atoms with Crippen molar-refractivity contribution >= 4 is 17.5 Å². The summed E-state index contributed by atoms with van der Waals surface area (Å²) in [5.41, 5.74) is 3.65. The molecule has 0 radical (unpaired) electrons. The Balaban J connectivity index is 1.63. The standard InChI is InChI=1S/C27H28N2O4/c1-4-20-10-5-6-14-24(20)33-26-25(21-11-8-13-23(16-21)32-3)29(27(26)31)17-19-9-7-12-22(15-19)28-18(2)30/h5-16,25-26H,4,17H2,1-3H3,(H,28,30)/t25-,26+/m1/s1. The van der Waals surface area contributed by atoms with Crippen molar-refractivity contribution < 1.29 is 19.1 Å². The summed E-state index contributed by atoms with van der Waals surface area (Å²) in [4.78, 5) is 26.5. The SMILES string of the molecule is CCc1ccccc1O[C@@H]1C(=O)N(Cc2cccc(NC(C)=O)c2)[C@@H]1c1cccc(OC)c1. The maximum absolute atomic E-state index is 13.3. The lowest BCUT2D eigenvalue weighted by Crippen LogP contribution is -2.60. The molecule has 1 heterocycles. The van der Waals surface area contributed by atoms with Crippen molar-refractivity contribution in [2.75, 3.05) is 12.4 Å². The van der Waals surface area contributed by atoms with Crippen LogP contribution in [0.2, 0.25) is 0 Å². The summed E-state index contributed by atoms with van der Waals surface area (Å²) in [7, 11) is 1.63. The Hall–Kier alpha value is -3.80. The van der Waals surface area contributed by atoms with Gasteiger partial charge < -0.3 is 19.7 Å². The molecule has 4 rings (SSSR count). The van der Waals surface area contributed by atoms with Crippen molar-refractivity contribution in [3.63, 3.8) is 0 Å². The number of rotatable bonds is 8. The van der Waals surface area contributed by atoms with Crippen LogP contribution in [0.1, 0.15) is 36.6 Å². The summed E-state index contributed by atoms with van der Waals surface area (Å²) in [6.45, 7) is 3.95. The normalized spacial score (nSPS) is 17.3. The summed E-state index contributed by atoms with van der Waals surface area (Å²) in [5, 5.41) is 2.79. The maximum atomic E-state index is 13.3. The number of aryl methyl sites for hydroxylation is 1. The van der Waals surface area contributed by atoms with Crippen molar-refractivity contribution in [2.45, 2.75) is 39.0 Å². The molecule has 0 saturated carbocycles. The molecule has 0 aliphatic carbocycles. The minimum absolute atomic E-state index is 0.0707. The van der Waals surface area contributed by atoms with E-state index in [1.165, 1.54) is 6.92 Å². The zero-order valence-electron chi connectivity index (χ0n) is 19.1. The van der Waals surface area contributed by atoms with E-state index in [0.29, 0.717) is 12.2 Å². The van der Waals surface area contributed by atoms with Crippen molar-refractivity contribution in [3.05, 3.63) is 89.5 Å². The second kappa shape index (κ2) is 9.77. The summed E-state index contributed by atoms with van der Waals surface area (Å²) >= 11 is 0. The molecule has 33 heavy (non-hydrogen) atoms. The van der Waals surface area contributed by atoms with Gasteiger partial charge in [-0.25, -0.2) is 0 Å². The van der Waals surface area contributed by atoms with Gasteiger partial charge in [-0.3, -0.25) is 9.59 Å². The minimum atomic E-state index is -0.622. The van der Waals surface area contributed by atoms with Crippen LogP contribution in [-0.4, -0.2) is 29.9 Å². The first-order valence-electron chi connectivity index (χ1n) is 11.1. The molecule has 0 spiro atoms. The number of nitrogens with zero attached hydrogens (tertiary/aromatic N) is 1. The van der Waals surface area contributed by atoms with E-state index in [2.05, 4.69) is 12.2 Å². The lowest BCUT2D eigenvalue weighted by molar-refractivity contribution is -0.165. The Kier molecular flexibility index (Phi) is 6.63. The summed E-state index contributed by atoms with van der Waals surface area (Å²) in [6, 6.07) is 22.8. The quantitative estimate of drug-likeness (QED) is 0.509. The van der Waals surface area contributed by atoms with E-state index >= 15 is 0 Å². The van der Waals surface area contributed by atoms with E-state index in [1.54, 1.807) is 12.0 Å². The number of hydrogen-bond acceptors (Lipinski definition) is 4. The van der Waals surface area contributed by atoms with Gasteiger partial charge in [0.25, 0.3) is 5.91 Å². The molecule has 6 heteroatoms. The van der Waals surface area contributed by atoms with E-state index < -0.39 is 6.10 Å². The third kappa shape index (κ3) is 4.85. The molecule has 2 atom stereocenters. The Morgan fingerprint density at radius 1 is 1.03 bits per heavy atom. The molecule has 170 valence electrons. The lowest BCUT2D eigenvalue weighted by Gasteiger charge is -2.47. The number of hydrogen-bond donors (Lipinski definition) is 1. The first-order chi connectivity index (χ1) is 16.0. The first kappa shape index (κ1) is 22.4. The topological polar surface area (TPSA) is 67.9 Å². The average Bonchev–Trinajstić information content (AvgIpc) is 2.83. The number of methoxy groups -OCH3 is 1. The minimum Gasteiger partial charge on any atom is -0.497 e. The van der Waals surface area contributed by atoms with Crippen LogP contribution in [0.5, 0.6) is 11.5 Å². The number of amides is 2. The van der Waals surface area contributed by atoms with Gasteiger partial charge in [0.15, 0.2) is 0 Å². The van der Waals surface area contributed by atoms with Gasteiger partial charge in [-0.15, -0.1) is 0 Å². The first-order valence-corrected chi connectivity index (χ1v) is 11.1. The van der Waals surface area contributed by atoms with E-state index in [9.17, 15) is 9.59 Å². The third-order valence-corrected chi connectivity index (χ3v) is 5.79. The molecule has 0 aromatic heterocycles. The van der Waals surface area contributed by atoms with Gasteiger partial charge in [-0.1, -0.05) is 49.4 Å². The predicted molar refractivity (Wildman–Crippen MR) is 127 cm³/mol. The predicted octanol–water partition coefficient (Wildman–Crippen LogP) is 4.75. The lowest BCUT2D eigenvalue weighted by atomic mass is 9.89. The van der Waals surface area contributed by atoms with Crippen LogP contribution in [0.15, 0.2) is 72.8 Å². The molecular formula is C27H28N2O4. The highest BCUT2D eigenvalue weighted by Crippen LogP contribution is 2.40. The second-order valence-electron chi connectivity index (χ2n) is 8.07. The summed E-state index contributed by atoms with van der Waals surface area (Å²) in [5.74, 6) is 1.26. The van der Waals surface area contributed by atoms with Crippen molar-refractivity contribution in [1.29, 1.82) is 0 Å². The van der Waals surface area contributed by atoms with Gasteiger partial charge in [0.2, 0.25) is 12.0 Å². The zero-order valence-corrected chi connectivity index (χ0v) is 19.1. The van der Waals surface area contributed by atoms with Crippen LogP contribution >= 0.6 is 0 Å². The molecule has 3 aromatic rings. The molecular weight excluding hydrogens is 416 g/mol. The van der Waals surface area contributed by atoms with Crippen molar-refractivity contribution in [1.82, 2.24) is 4.90 Å². The molecule has 0 bridgehead atoms. The molecule has 3 aromatic carbocycles. The Labute approximate surface area is 194 Å². The fraction of sp³-hybridized carbons (Fsp3) is 0.259. The van der Waals surface area contributed by atoms with Gasteiger partial charge >= 0.3 is 0 Å². The van der Waals surface area contributed by atoms with Crippen LogP contribution in [-0.2, 0) is 22.6 Å². The van der Waals surface area contributed by atoms with Crippen LogP contribution in [0.25, 0.3) is 0 Å². The average molecular weight is 445 g/mol. The number of nitrogens with one attached hydrogen (secondary N) is 1. The number of β-lactam (4-membered cyclic amide) rings is 1. The highest BCUT2D eigenvalue weighted by molar-refractivity contribution is 5.90. The molecule has 1 aliphatic rings. The van der Waals surface area contributed by atoms with Gasteiger partial charge in [-0.05, 0) is 53.4 Å². The van der Waals surface area contributed by atoms with Crippen LogP contribution in [0.3, 0.4) is 0 Å². The molecule has 0 unspecified atom stereocenters. The van der Waals surface area contributed by atoms with Crippen LogP contribution < -0.4 is 14.8 Å². The second-order valence-corrected chi connectivity index (χ2v) is 8.07. The maximum Gasteiger partial charge on any atom is 0.267 e. The number of ether oxygens (including phenoxy) is 2. The van der Waals surface area contributed by atoms with Crippen LogP contribution in [0.4, 0.5) is 5.69 Å². The Bertz CT molecular complexity index is 1160. The molecule has 2 amide bonds. The van der Waals surface area contributed by atoms with Gasteiger partial charge in [0, 0.05) is 19.2 Å². The molecule has 1 aliphatic heterocycles. The summed E-state index contributed by atoms with van der Waals surface area (Å²) in [6.07, 6.45) is 0.198. The number of carbonyl (C=O) groups is 2. The number of anilines is 1. The van der Waals surface area contributed by atoms with Crippen molar-refractivity contribution in [2.24, 2.45) is 0 Å². The van der Waals surface area contributed by atoms with Crippen LogP contribution in [0, 0.1) is 0 Å². The zero-order chi connectivity index (χ0) is 23.4. The van der Waals surface area contributed by atoms with Gasteiger partial charge in [0.1, 0.15) is 17.5 Å². The summed E-state index contributed by atoms with van der Waals surface area (Å²) < 4.78 is 11.7. The Morgan fingerprint density at radius 3 is 2.58 bits per heavy atom. The van der Waals surface area contributed by atoms with Crippen molar-refractivity contribution in [3.8, 4) is 11.5 Å². The largest absolute Gasteiger partial charge is 0.497 e. The van der Waals surface area contributed by atoms with E-state index in [1.807, 2.05) is 72.8 Å². The molecule has 1 N–H and O–H groups in total. The highest BCUT2D eigenvalue weighted by Gasteiger charge is 2.50. The number of para-hydroxylation sites is 1. The smallest absolute Gasteiger partial charge is 0.267 e. The highest BCUT2D eigenvalue weighted by atomic mass is 16.5. The fourth-order valence-electron chi connectivity index (χ4n) is 4.18. The van der Waals surface area contributed by atoms with E-state index in [-0.39, 0.29) is 17.9 Å². The monoisotopic (exact) mass is 444 g/mol. The number of likely N-dealkylation sites (tertiary alicyclic amines) is 1. The fourth-order valence-corrected chi connectivity index (χ4v) is 4.18.